The summed E-state index contributed by atoms with van der Waals surface area (Å²) in [5, 5.41) is 7.83. The van der Waals surface area contributed by atoms with Gasteiger partial charge in [-0.25, -0.2) is 4.98 Å². The van der Waals surface area contributed by atoms with E-state index in [2.05, 4.69) is 20.4 Å². The van der Waals surface area contributed by atoms with E-state index in [0.717, 1.165) is 12.2 Å². The van der Waals surface area contributed by atoms with Gasteiger partial charge in [-0.2, -0.15) is 5.10 Å². The van der Waals surface area contributed by atoms with Crippen LogP contribution in [-0.4, -0.2) is 26.3 Å². The number of aromatic nitrogens is 4. The number of aromatic amines is 1. The quantitative estimate of drug-likeness (QED) is 0.609. The predicted octanol–water partition coefficient (Wildman–Crippen LogP) is 0.814. The standard InChI is InChI=1S/C13H14N6O/c14-10-6-9-11(16-8-17-13(9)20)7-12(10)15-3-5-19-4-1-2-18-19/h1-2,4,6-8,15H,3,5,14H2,(H,16,17,20). The summed E-state index contributed by atoms with van der Waals surface area (Å²) < 4.78 is 1.83. The molecule has 3 aromatic rings. The van der Waals surface area contributed by atoms with Gasteiger partial charge in [0.1, 0.15) is 0 Å². The van der Waals surface area contributed by atoms with Gasteiger partial charge in [0.05, 0.1) is 35.1 Å². The number of anilines is 2. The van der Waals surface area contributed by atoms with Crippen molar-refractivity contribution in [2.45, 2.75) is 6.54 Å². The van der Waals surface area contributed by atoms with Crippen LogP contribution in [0.15, 0.2) is 41.7 Å². The molecule has 0 amide bonds. The van der Waals surface area contributed by atoms with Crippen LogP contribution in [0.4, 0.5) is 11.4 Å². The summed E-state index contributed by atoms with van der Waals surface area (Å²) in [4.78, 5) is 18.3. The Kier molecular flexibility index (Phi) is 3.08. The molecule has 102 valence electrons. The van der Waals surface area contributed by atoms with Crippen molar-refractivity contribution >= 4 is 22.3 Å². The third kappa shape index (κ3) is 2.33. The van der Waals surface area contributed by atoms with Crippen LogP contribution >= 0.6 is 0 Å². The minimum Gasteiger partial charge on any atom is -0.397 e. The summed E-state index contributed by atoms with van der Waals surface area (Å²) in [5.74, 6) is 0. The molecule has 2 heterocycles. The van der Waals surface area contributed by atoms with E-state index in [1.54, 1.807) is 18.3 Å². The van der Waals surface area contributed by atoms with Crippen LogP contribution in [0.2, 0.25) is 0 Å². The Hall–Kier alpha value is -2.83. The number of nitrogens with one attached hydrogen (secondary N) is 2. The van der Waals surface area contributed by atoms with Crippen molar-refractivity contribution in [3.63, 3.8) is 0 Å². The molecule has 0 bridgehead atoms. The third-order valence-corrected chi connectivity index (χ3v) is 3.03. The Labute approximate surface area is 114 Å². The fourth-order valence-corrected chi connectivity index (χ4v) is 2.02. The number of hydrogen-bond acceptors (Lipinski definition) is 5. The fourth-order valence-electron chi connectivity index (χ4n) is 2.02. The van der Waals surface area contributed by atoms with Crippen molar-refractivity contribution in [3.05, 3.63) is 47.3 Å². The van der Waals surface area contributed by atoms with Gasteiger partial charge in [0.25, 0.3) is 5.56 Å². The third-order valence-electron chi connectivity index (χ3n) is 3.03. The van der Waals surface area contributed by atoms with Crippen LogP contribution in [0, 0.1) is 0 Å². The molecule has 0 unspecified atom stereocenters. The van der Waals surface area contributed by atoms with Crippen molar-refractivity contribution in [1.82, 2.24) is 19.7 Å². The van der Waals surface area contributed by atoms with Crippen molar-refractivity contribution in [3.8, 4) is 0 Å². The highest BCUT2D eigenvalue weighted by Gasteiger charge is 2.05. The molecular weight excluding hydrogens is 256 g/mol. The SMILES string of the molecule is Nc1cc2c(=O)[nH]cnc2cc1NCCn1cccn1. The Morgan fingerprint density at radius 2 is 2.30 bits per heavy atom. The molecule has 0 spiro atoms. The van der Waals surface area contributed by atoms with Gasteiger partial charge in [-0.1, -0.05) is 0 Å². The van der Waals surface area contributed by atoms with Gasteiger partial charge < -0.3 is 16.0 Å². The van der Waals surface area contributed by atoms with E-state index >= 15 is 0 Å². The lowest BCUT2D eigenvalue weighted by Crippen LogP contribution is -2.13. The van der Waals surface area contributed by atoms with Crippen molar-refractivity contribution in [2.24, 2.45) is 0 Å². The largest absolute Gasteiger partial charge is 0.397 e. The molecule has 0 saturated carbocycles. The van der Waals surface area contributed by atoms with Gasteiger partial charge in [-0.3, -0.25) is 9.48 Å². The van der Waals surface area contributed by atoms with E-state index in [1.807, 2.05) is 16.9 Å². The molecule has 0 aliphatic carbocycles. The predicted molar refractivity (Wildman–Crippen MR) is 77.5 cm³/mol. The van der Waals surface area contributed by atoms with E-state index in [0.29, 0.717) is 23.1 Å². The van der Waals surface area contributed by atoms with E-state index < -0.39 is 0 Å². The van der Waals surface area contributed by atoms with Gasteiger partial charge in [-0.15, -0.1) is 0 Å². The number of nitrogen functional groups attached to an aromatic ring is 1. The van der Waals surface area contributed by atoms with Crippen LogP contribution in [0.25, 0.3) is 10.9 Å². The Morgan fingerprint density at radius 1 is 1.40 bits per heavy atom. The molecule has 7 heteroatoms. The van der Waals surface area contributed by atoms with Crippen LogP contribution < -0.4 is 16.6 Å². The number of rotatable bonds is 4. The maximum atomic E-state index is 11.6. The lowest BCUT2D eigenvalue weighted by atomic mass is 10.2. The molecule has 0 atom stereocenters. The summed E-state index contributed by atoms with van der Waals surface area (Å²) in [5.41, 5.74) is 7.67. The molecule has 0 radical (unpaired) electrons. The molecular formula is C13H14N6O. The second-order valence-corrected chi connectivity index (χ2v) is 4.38. The molecule has 0 aliphatic rings. The minimum atomic E-state index is -0.190. The zero-order valence-corrected chi connectivity index (χ0v) is 10.7. The fraction of sp³-hybridized carbons (Fsp3) is 0.154. The molecule has 20 heavy (non-hydrogen) atoms. The van der Waals surface area contributed by atoms with E-state index in [1.165, 1.54) is 6.33 Å². The highest BCUT2D eigenvalue weighted by Crippen LogP contribution is 2.22. The summed E-state index contributed by atoms with van der Waals surface area (Å²) >= 11 is 0. The van der Waals surface area contributed by atoms with Gasteiger partial charge >= 0.3 is 0 Å². The normalized spacial score (nSPS) is 10.8. The maximum Gasteiger partial charge on any atom is 0.258 e. The molecule has 0 aliphatic heterocycles. The number of H-pyrrole nitrogens is 1. The van der Waals surface area contributed by atoms with Crippen molar-refractivity contribution in [2.75, 3.05) is 17.6 Å². The van der Waals surface area contributed by atoms with Crippen LogP contribution in [0.1, 0.15) is 0 Å². The maximum absolute atomic E-state index is 11.6. The highest BCUT2D eigenvalue weighted by molar-refractivity contribution is 5.88. The van der Waals surface area contributed by atoms with Crippen molar-refractivity contribution < 1.29 is 0 Å². The summed E-state index contributed by atoms with van der Waals surface area (Å²) in [7, 11) is 0. The second-order valence-electron chi connectivity index (χ2n) is 4.38. The van der Waals surface area contributed by atoms with Crippen LogP contribution in [-0.2, 0) is 6.54 Å². The van der Waals surface area contributed by atoms with Gasteiger partial charge in [0.2, 0.25) is 0 Å². The van der Waals surface area contributed by atoms with Crippen molar-refractivity contribution in [1.29, 1.82) is 0 Å². The lowest BCUT2D eigenvalue weighted by Gasteiger charge is -2.10. The van der Waals surface area contributed by atoms with Crippen LogP contribution in [0.3, 0.4) is 0 Å². The summed E-state index contributed by atoms with van der Waals surface area (Å²) in [6, 6.07) is 5.29. The number of nitrogens with two attached hydrogens (primary N) is 1. The molecule has 2 aromatic heterocycles. The molecule has 0 fully saturated rings. The molecule has 0 saturated heterocycles. The number of nitrogens with zero attached hydrogens (tertiary/aromatic N) is 3. The van der Waals surface area contributed by atoms with E-state index in [4.69, 9.17) is 5.73 Å². The topological polar surface area (TPSA) is 102 Å². The monoisotopic (exact) mass is 270 g/mol. The Bertz CT molecular complexity index is 777. The number of hydrogen-bond donors (Lipinski definition) is 3. The summed E-state index contributed by atoms with van der Waals surface area (Å²) in [6.07, 6.45) is 5.02. The smallest absolute Gasteiger partial charge is 0.258 e. The van der Waals surface area contributed by atoms with E-state index in [9.17, 15) is 4.79 Å². The molecule has 4 N–H and O–H groups in total. The van der Waals surface area contributed by atoms with Gasteiger partial charge in [0, 0.05) is 18.9 Å². The zero-order valence-electron chi connectivity index (χ0n) is 10.7. The van der Waals surface area contributed by atoms with Gasteiger partial charge in [-0.05, 0) is 18.2 Å². The average Bonchev–Trinajstić information content (AvgIpc) is 2.94. The molecule has 1 aromatic carbocycles. The Balaban J connectivity index is 1.81. The second kappa shape index (κ2) is 5.04. The average molecular weight is 270 g/mol. The summed E-state index contributed by atoms with van der Waals surface area (Å²) in [6.45, 7) is 1.41. The number of fused-ring (bicyclic) bond motifs is 1. The van der Waals surface area contributed by atoms with Crippen LogP contribution in [0.5, 0.6) is 0 Å². The first-order chi connectivity index (χ1) is 9.74. The highest BCUT2D eigenvalue weighted by atomic mass is 16.1. The minimum absolute atomic E-state index is 0.190. The lowest BCUT2D eigenvalue weighted by molar-refractivity contribution is 0.638. The number of benzene rings is 1. The Morgan fingerprint density at radius 3 is 3.10 bits per heavy atom. The molecule has 7 nitrogen and oxygen atoms in total. The zero-order chi connectivity index (χ0) is 13.9. The van der Waals surface area contributed by atoms with Gasteiger partial charge in [0.15, 0.2) is 0 Å². The first kappa shape index (κ1) is 12.2. The van der Waals surface area contributed by atoms with E-state index in [-0.39, 0.29) is 5.56 Å². The molecule has 3 rings (SSSR count). The first-order valence-corrected chi connectivity index (χ1v) is 6.22. The first-order valence-electron chi connectivity index (χ1n) is 6.22.